The van der Waals surface area contributed by atoms with Gasteiger partial charge in [-0.3, -0.25) is 0 Å². The third-order valence-corrected chi connectivity index (χ3v) is 4.41. The van der Waals surface area contributed by atoms with E-state index in [0.29, 0.717) is 5.54 Å². The lowest BCUT2D eigenvalue weighted by molar-refractivity contribution is 0.0983. The smallest absolute Gasteiger partial charge is 0.0925 e. The summed E-state index contributed by atoms with van der Waals surface area (Å²) in [6, 6.07) is 0. The molecule has 1 aliphatic rings. The molecular formula is C14H26N4. The van der Waals surface area contributed by atoms with E-state index in [4.69, 9.17) is 0 Å². The number of imidazole rings is 1. The van der Waals surface area contributed by atoms with Gasteiger partial charge in [-0.15, -0.1) is 0 Å². The summed E-state index contributed by atoms with van der Waals surface area (Å²) in [6.07, 6.45) is 8.52. The van der Waals surface area contributed by atoms with E-state index >= 15 is 0 Å². The molecule has 1 aliphatic carbocycles. The van der Waals surface area contributed by atoms with Crippen LogP contribution in [0.1, 0.15) is 43.5 Å². The third kappa shape index (κ3) is 2.93. The largest absolute Gasteiger partial charge is 0.348 e. The molecule has 1 aromatic rings. The van der Waals surface area contributed by atoms with Gasteiger partial charge in [0.15, 0.2) is 0 Å². The van der Waals surface area contributed by atoms with Gasteiger partial charge in [-0.1, -0.05) is 19.3 Å². The maximum absolute atomic E-state index is 4.33. The summed E-state index contributed by atoms with van der Waals surface area (Å²) in [7, 11) is 4.43. The minimum Gasteiger partial charge on any atom is -0.348 e. The highest BCUT2D eigenvalue weighted by Crippen LogP contribution is 2.31. The Morgan fingerprint density at radius 2 is 2.06 bits per heavy atom. The Bertz CT molecular complexity index is 364. The highest BCUT2D eigenvalue weighted by atomic mass is 15.2. The number of rotatable bonds is 5. The molecule has 102 valence electrons. The van der Waals surface area contributed by atoms with Crippen molar-refractivity contribution < 1.29 is 0 Å². The molecule has 18 heavy (non-hydrogen) atoms. The highest BCUT2D eigenvalue weighted by Gasteiger charge is 2.33. The lowest BCUT2D eigenvalue weighted by Gasteiger charge is -2.43. The number of nitrogens with one attached hydrogen (secondary N) is 2. The standard InChI is InChI=1S/C14H26N4/c1-12-13(17-11-16-12)9-15-10-14(18(2)3)7-5-4-6-8-14/h11,15H,4-10H2,1-3H3,(H,16,17). The van der Waals surface area contributed by atoms with Gasteiger partial charge in [-0.25, -0.2) is 4.98 Å². The van der Waals surface area contributed by atoms with Crippen LogP contribution in [0, 0.1) is 6.92 Å². The van der Waals surface area contributed by atoms with Crippen molar-refractivity contribution in [2.75, 3.05) is 20.6 Å². The number of likely N-dealkylation sites (N-methyl/N-ethyl adjacent to an activating group) is 1. The minimum atomic E-state index is 0.350. The summed E-state index contributed by atoms with van der Waals surface area (Å²) in [6.45, 7) is 4.00. The molecule has 1 heterocycles. The van der Waals surface area contributed by atoms with Crippen molar-refractivity contribution in [1.29, 1.82) is 0 Å². The van der Waals surface area contributed by atoms with E-state index in [0.717, 1.165) is 18.8 Å². The van der Waals surface area contributed by atoms with Crippen molar-refractivity contribution >= 4 is 0 Å². The molecular weight excluding hydrogens is 224 g/mol. The lowest BCUT2D eigenvalue weighted by atomic mass is 9.80. The normalized spacial score (nSPS) is 19.3. The van der Waals surface area contributed by atoms with Gasteiger partial charge < -0.3 is 15.2 Å². The molecule has 2 N–H and O–H groups in total. The predicted octanol–water partition coefficient (Wildman–Crippen LogP) is 2.07. The van der Waals surface area contributed by atoms with Gasteiger partial charge in [0.25, 0.3) is 0 Å². The molecule has 0 bridgehead atoms. The summed E-state index contributed by atoms with van der Waals surface area (Å²) in [5.41, 5.74) is 2.66. The van der Waals surface area contributed by atoms with E-state index in [1.807, 2.05) is 0 Å². The summed E-state index contributed by atoms with van der Waals surface area (Å²) in [5, 5.41) is 3.60. The quantitative estimate of drug-likeness (QED) is 0.841. The molecule has 1 aromatic heterocycles. The first-order valence-corrected chi connectivity index (χ1v) is 7.01. The second kappa shape index (κ2) is 5.85. The van der Waals surface area contributed by atoms with E-state index < -0.39 is 0 Å². The van der Waals surface area contributed by atoms with Crippen LogP contribution in [0.5, 0.6) is 0 Å². The first-order chi connectivity index (χ1) is 8.64. The van der Waals surface area contributed by atoms with Crippen LogP contribution in [-0.2, 0) is 6.54 Å². The SMILES string of the molecule is Cc1[nH]cnc1CNCC1(N(C)C)CCCCC1. The van der Waals surface area contributed by atoms with Gasteiger partial charge in [0.1, 0.15) is 0 Å². The number of aromatic nitrogens is 2. The maximum Gasteiger partial charge on any atom is 0.0925 e. The Hall–Kier alpha value is -0.870. The molecule has 4 nitrogen and oxygen atoms in total. The number of aromatic amines is 1. The molecule has 1 fully saturated rings. The zero-order chi connectivity index (χ0) is 13.0. The molecule has 0 spiro atoms. The fourth-order valence-electron chi connectivity index (χ4n) is 2.97. The van der Waals surface area contributed by atoms with Crippen LogP contribution >= 0.6 is 0 Å². The van der Waals surface area contributed by atoms with Gasteiger partial charge in [-0.05, 0) is 33.9 Å². The van der Waals surface area contributed by atoms with E-state index in [9.17, 15) is 0 Å². The van der Waals surface area contributed by atoms with Gasteiger partial charge in [0.2, 0.25) is 0 Å². The summed E-state index contributed by atoms with van der Waals surface area (Å²) in [5.74, 6) is 0. The second-order valence-electron chi connectivity index (χ2n) is 5.76. The molecule has 2 rings (SSSR count). The van der Waals surface area contributed by atoms with Crippen LogP contribution in [0.3, 0.4) is 0 Å². The first kappa shape index (κ1) is 13.6. The topological polar surface area (TPSA) is 44.0 Å². The van der Waals surface area contributed by atoms with Crippen molar-refractivity contribution in [2.24, 2.45) is 0 Å². The minimum absolute atomic E-state index is 0.350. The Morgan fingerprint density at radius 3 is 2.61 bits per heavy atom. The van der Waals surface area contributed by atoms with E-state index in [1.165, 1.54) is 37.8 Å². The van der Waals surface area contributed by atoms with Crippen molar-refractivity contribution in [1.82, 2.24) is 20.2 Å². The number of H-pyrrole nitrogens is 1. The van der Waals surface area contributed by atoms with Crippen LogP contribution in [-0.4, -0.2) is 41.0 Å². The van der Waals surface area contributed by atoms with Crippen LogP contribution in [0.4, 0.5) is 0 Å². The predicted molar refractivity (Wildman–Crippen MR) is 74.5 cm³/mol. The molecule has 0 aromatic carbocycles. The van der Waals surface area contributed by atoms with Crippen molar-refractivity contribution in [3.05, 3.63) is 17.7 Å². The average molecular weight is 250 g/mol. The fraction of sp³-hybridized carbons (Fsp3) is 0.786. The molecule has 0 radical (unpaired) electrons. The summed E-state index contributed by atoms with van der Waals surface area (Å²) < 4.78 is 0. The van der Waals surface area contributed by atoms with E-state index in [2.05, 4.69) is 41.2 Å². The van der Waals surface area contributed by atoms with Crippen LogP contribution in [0.15, 0.2) is 6.33 Å². The Kier molecular flexibility index (Phi) is 4.40. The highest BCUT2D eigenvalue weighted by molar-refractivity contribution is 5.08. The fourth-order valence-corrected chi connectivity index (χ4v) is 2.97. The molecule has 0 aliphatic heterocycles. The molecule has 4 heteroatoms. The van der Waals surface area contributed by atoms with E-state index in [-0.39, 0.29) is 0 Å². The number of hydrogen-bond donors (Lipinski definition) is 2. The molecule has 0 atom stereocenters. The maximum atomic E-state index is 4.33. The zero-order valence-electron chi connectivity index (χ0n) is 11.9. The summed E-state index contributed by atoms with van der Waals surface area (Å²) in [4.78, 5) is 9.88. The zero-order valence-corrected chi connectivity index (χ0v) is 11.9. The van der Waals surface area contributed by atoms with Crippen LogP contribution < -0.4 is 5.32 Å². The van der Waals surface area contributed by atoms with Gasteiger partial charge in [-0.2, -0.15) is 0 Å². The van der Waals surface area contributed by atoms with Crippen molar-refractivity contribution in [2.45, 2.75) is 51.1 Å². The van der Waals surface area contributed by atoms with Gasteiger partial charge in [0.05, 0.1) is 12.0 Å². The Morgan fingerprint density at radius 1 is 1.33 bits per heavy atom. The number of hydrogen-bond acceptors (Lipinski definition) is 3. The second-order valence-corrected chi connectivity index (χ2v) is 5.76. The summed E-state index contributed by atoms with van der Waals surface area (Å²) >= 11 is 0. The van der Waals surface area contributed by atoms with Crippen LogP contribution in [0.25, 0.3) is 0 Å². The molecule has 0 unspecified atom stereocenters. The van der Waals surface area contributed by atoms with Gasteiger partial charge in [0, 0.05) is 24.3 Å². The van der Waals surface area contributed by atoms with Crippen molar-refractivity contribution in [3.63, 3.8) is 0 Å². The lowest BCUT2D eigenvalue weighted by Crippen LogP contribution is -2.52. The van der Waals surface area contributed by atoms with Gasteiger partial charge >= 0.3 is 0 Å². The van der Waals surface area contributed by atoms with Crippen molar-refractivity contribution in [3.8, 4) is 0 Å². The third-order valence-electron chi connectivity index (χ3n) is 4.41. The van der Waals surface area contributed by atoms with Crippen LogP contribution in [0.2, 0.25) is 0 Å². The first-order valence-electron chi connectivity index (χ1n) is 7.01. The monoisotopic (exact) mass is 250 g/mol. The Labute approximate surface area is 110 Å². The molecule has 0 amide bonds. The number of aryl methyl sites for hydroxylation is 1. The van der Waals surface area contributed by atoms with E-state index in [1.54, 1.807) is 6.33 Å². The molecule has 1 saturated carbocycles. The molecule has 0 saturated heterocycles. The average Bonchev–Trinajstić information content (AvgIpc) is 2.76. The Balaban J connectivity index is 1.88. The number of nitrogens with zero attached hydrogens (tertiary/aromatic N) is 2.